The van der Waals surface area contributed by atoms with Gasteiger partial charge in [0.2, 0.25) is 0 Å². The van der Waals surface area contributed by atoms with Gasteiger partial charge in [0.05, 0.1) is 0 Å². The van der Waals surface area contributed by atoms with E-state index in [9.17, 15) is 0 Å². The van der Waals surface area contributed by atoms with Crippen LogP contribution >= 0.6 is 0 Å². The van der Waals surface area contributed by atoms with E-state index in [0.717, 1.165) is 23.8 Å². The molecule has 0 aliphatic heterocycles. The van der Waals surface area contributed by atoms with E-state index in [2.05, 4.69) is 32.2 Å². The molecule has 0 heterocycles. The first kappa shape index (κ1) is 15.1. The van der Waals surface area contributed by atoms with Crippen LogP contribution in [0, 0.1) is 17.8 Å². The van der Waals surface area contributed by atoms with Crippen LogP contribution in [0.4, 0.5) is 0 Å². The van der Waals surface area contributed by atoms with Gasteiger partial charge >= 0.3 is 0 Å². The van der Waals surface area contributed by atoms with Gasteiger partial charge in [0.25, 0.3) is 0 Å². The van der Waals surface area contributed by atoms with E-state index in [4.69, 9.17) is 0 Å². The second-order valence-electron chi connectivity index (χ2n) is 7.12. The number of hydrogen-bond acceptors (Lipinski definition) is 1. The Balaban J connectivity index is 1.78. The first-order chi connectivity index (χ1) is 9.19. The summed E-state index contributed by atoms with van der Waals surface area (Å²) in [5, 5.41) is 3.92. The Kier molecular flexibility index (Phi) is 5.94. The highest BCUT2D eigenvalue weighted by Crippen LogP contribution is 2.30. The van der Waals surface area contributed by atoms with Gasteiger partial charge in [-0.2, -0.15) is 0 Å². The lowest BCUT2D eigenvalue weighted by atomic mass is 9.81. The zero-order chi connectivity index (χ0) is 13.7. The zero-order valence-electron chi connectivity index (χ0n) is 13.3. The molecule has 1 heteroatoms. The topological polar surface area (TPSA) is 12.0 Å². The van der Waals surface area contributed by atoms with Gasteiger partial charge < -0.3 is 5.32 Å². The molecule has 0 amide bonds. The summed E-state index contributed by atoms with van der Waals surface area (Å²) in [5.41, 5.74) is 1.61. The highest BCUT2D eigenvalue weighted by Gasteiger charge is 2.24. The van der Waals surface area contributed by atoms with Crippen molar-refractivity contribution in [1.82, 2.24) is 5.32 Å². The normalized spacial score (nSPS) is 31.0. The SMILES string of the molecule is CCC(NCC1CC(C)=CC(C)C1)C1CCCCC1. The Hall–Kier alpha value is -0.300. The van der Waals surface area contributed by atoms with Crippen LogP contribution in [0.2, 0.25) is 0 Å². The number of nitrogens with one attached hydrogen (secondary N) is 1. The molecule has 0 bridgehead atoms. The van der Waals surface area contributed by atoms with Crippen molar-refractivity contribution in [3.05, 3.63) is 11.6 Å². The maximum Gasteiger partial charge on any atom is 0.00928 e. The molecule has 0 spiro atoms. The molecule has 3 atom stereocenters. The third-order valence-electron chi connectivity index (χ3n) is 5.21. The molecule has 19 heavy (non-hydrogen) atoms. The van der Waals surface area contributed by atoms with Crippen molar-refractivity contribution in [2.24, 2.45) is 17.8 Å². The first-order valence-electron chi connectivity index (χ1n) is 8.59. The van der Waals surface area contributed by atoms with E-state index in [1.807, 2.05) is 0 Å². The van der Waals surface area contributed by atoms with E-state index in [1.54, 1.807) is 5.57 Å². The minimum Gasteiger partial charge on any atom is -0.313 e. The number of rotatable bonds is 5. The van der Waals surface area contributed by atoms with Gasteiger partial charge in [0.15, 0.2) is 0 Å². The molecule has 1 nitrogen and oxygen atoms in total. The smallest absolute Gasteiger partial charge is 0.00928 e. The molecule has 0 aromatic carbocycles. The number of hydrogen-bond donors (Lipinski definition) is 1. The third-order valence-corrected chi connectivity index (χ3v) is 5.21. The van der Waals surface area contributed by atoms with Gasteiger partial charge in [-0.05, 0) is 63.3 Å². The molecule has 2 aliphatic rings. The van der Waals surface area contributed by atoms with Crippen LogP contribution in [0.15, 0.2) is 11.6 Å². The molecule has 1 N–H and O–H groups in total. The first-order valence-corrected chi connectivity index (χ1v) is 8.59. The van der Waals surface area contributed by atoms with Crippen LogP contribution in [0.3, 0.4) is 0 Å². The maximum atomic E-state index is 3.92. The molecule has 2 rings (SSSR count). The molecule has 2 aliphatic carbocycles. The molecule has 0 radical (unpaired) electrons. The second kappa shape index (κ2) is 7.47. The highest BCUT2D eigenvalue weighted by molar-refractivity contribution is 5.06. The second-order valence-corrected chi connectivity index (χ2v) is 7.12. The van der Waals surface area contributed by atoms with Crippen LogP contribution in [-0.4, -0.2) is 12.6 Å². The summed E-state index contributed by atoms with van der Waals surface area (Å²) in [5.74, 6) is 2.62. The summed E-state index contributed by atoms with van der Waals surface area (Å²) in [4.78, 5) is 0. The largest absolute Gasteiger partial charge is 0.313 e. The highest BCUT2D eigenvalue weighted by atomic mass is 14.9. The molecular weight excluding hydrogens is 230 g/mol. The lowest BCUT2D eigenvalue weighted by Crippen LogP contribution is -2.40. The van der Waals surface area contributed by atoms with E-state index >= 15 is 0 Å². The van der Waals surface area contributed by atoms with E-state index in [1.165, 1.54) is 57.9 Å². The van der Waals surface area contributed by atoms with Crippen LogP contribution in [0.25, 0.3) is 0 Å². The fourth-order valence-electron chi connectivity index (χ4n) is 4.34. The van der Waals surface area contributed by atoms with Gasteiger partial charge in [-0.25, -0.2) is 0 Å². The summed E-state index contributed by atoms with van der Waals surface area (Å²) < 4.78 is 0. The van der Waals surface area contributed by atoms with E-state index in [-0.39, 0.29) is 0 Å². The third kappa shape index (κ3) is 4.63. The summed E-state index contributed by atoms with van der Waals surface area (Å²) in [6.07, 6.45) is 13.8. The van der Waals surface area contributed by atoms with E-state index in [0.29, 0.717) is 0 Å². The summed E-state index contributed by atoms with van der Waals surface area (Å²) in [6, 6.07) is 0.779. The van der Waals surface area contributed by atoms with Gasteiger partial charge in [0, 0.05) is 6.04 Å². The average Bonchev–Trinajstić information content (AvgIpc) is 2.39. The fourth-order valence-corrected chi connectivity index (χ4v) is 4.34. The monoisotopic (exact) mass is 263 g/mol. The summed E-state index contributed by atoms with van der Waals surface area (Å²) >= 11 is 0. The van der Waals surface area contributed by atoms with Crippen LogP contribution < -0.4 is 5.32 Å². The van der Waals surface area contributed by atoms with Gasteiger partial charge in [-0.1, -0.05) is 44.8 Å². The predicted octanol–water partition coefficient (Wildman–Crippen LogP) is 4.93. The van der Waals surface area contributed by atoms with Crippen molar-refractivity contribution >= 4 is 0 Å². The van der Waals surface area contributed by atoms with Crippen molar-refractivity contribution in [1.29, 1.82) is 0 Å². The molecule has 110 valence electrons. The summed E-state index contributed by atoms with van der Waals surface area (Å²) in [7, 11) is 0. The molecular formula is C18H33N. The van der Waals surface area contributed by atoms with Gasteiger partial charge in [-0.15, -0.1) is 0 Å². The molecule has 1 saturated carbocycles. The van der Waals surface area contributed by atoms with Crippen LogP contribution in [-0.2, 0) is 0 Å². The van der Waals surface area contributed by atoms with Crippen LogP contribution in [0.5, 0.6) is 0 Å². The van der Waals surface area contributed by atoms with Crippen molar-refractivity contribution in [3.63, 3.8) is 0 Å². The number of allylic oxidation sites excluding steroid dienone is 2. The van der Waals surface area contributed by atoms with Crippen molar-refractivity contribution in [2.75, 3.05) is 6.54 Å². The molecule has 0 aromatic heterocycles. The van der Waals surface area contributed by atoms with Crippen molar-refractivity contribution in [2.45, 2.75) is 78.2 Å². The minimum atomic E-state index is 0.779. The predicted molar refractivity (Wildman–Crippen MR) is 84.3 cm³/mol. The Morgan fingerprint density at radius 3 is 2.63 bits per heavy atom. The van der Waals surface area contributed by atoms with Crippen molar-refractivity contribution in [3.8, 4) is 0 Å². The fraction of sp³-hybridized carbons (Fsp3) is 0.889. The Bertz CT molecular complexity index is 288. The molecule has 1 fully saturated rings. The quantitative estimate of drug-likeness (QED) is 0.694. The van der Waals surface area contributed by atoms with E-state index < -0.39 is 0 Å². The van der Waals surface area contributed by atoms with Gasteiger partial charge in [-0.3, -0.25) is 0 Å². The van der Waals surface area contributed by atoms with Crippen molar-refractivity contribution < 1.29 is 0 Å². The Morgan fingerprint density at radius 1 is 1.26 bits per heavy atom. The lowest BCUT2D eigenvalue weighted by Gasteiger charge is -2.33. The zero-order valence-corrected chi connectivity index (χ0v) is 13.3. The van der Waals surface area contributed by atoms with Gasteiger partial charge in [0.1, 0.15) is 0 Å². The summed E-state index contributed by atoms with van der Waals surface area (Å²) in [6.45, 7) is 8.28. The molecule has 0 aromatic rings. The Labute approximate surface area is 120 Å². The average molecular weight is 263 g/mol. The molecule has 0 saturated heterocycles. The minimum absolute atomic E-state index is 0.779. The van der Waals surface area contributed by atoms with Crippen LogP contribution in [0.1, 0.15) is 72.1 Å². The maximum absolute atomic E-state index is 3.92. The Morgan fingerprint density at radius 2 is 2.00 bits per heavy atom. The lowest BCUT2D eigenvalue weighted by molar-refractivity contribution is 0.246. The molecule has 3 unspecified atom stereocenters. The standard InChI is InChI=1S/C18H33N/c1-4-18(17-8-6-5-7-9-17)19-13-16-11-14(2)10-15(3)12-16/h10,14,16-19H,4-9,11-13H2,1-3H3.